The Kier molecular flexibility index (Phi) is 4.20. The van der Waals surface area contributed by atoms with Gasteiger partial charge in [0, 0.05) is 18.2 Å². The van der Waals surface area contributed by atoms with Gasteiger partial charge in [-0.2, -0.15) is 0 Å². The maximum atomic E-state index is 11.4. The molecule has 1 saturated carbocycles. The largest absolute Gasteiger partial charge is 0.472 e. The summed E-state index contributed by atoms with van der Waals surface area (Å²) in [5.41, 5.74) is 1.11. The van der Waals surface area contributed by atoms with Gasteiger partial charge < -0.3 is 9.15 Å². The molecule has 0 aliphatic heterocycles. The number of hydrogen-bond donors (Lipinski definition) is 0. The number of nitrogens with zero attached hydrogens (tertiary/aromatic N) is 1. The molecule has 1 aliphatic carbocycles. The third-order valence-electron chi connectivity index (χ3n) is 3.37. The third-order valence-corrected chi connectivity index (χ3v) is 3.37. The van der Waals surface area contributed by atoms with E-state index < -0.39 is 0 Å². The lowest BCUT2D eigenvalue weighted by molar-refractivity contribution is -0.142. The zero-order valence-electron chi connectivity index (χ0n) is 10.2. The smallest absolute Gasteiger partial charge is 0.319 e. The van der Waals surface area contributed by atoms with Crippen LogP contribution in [0.3, 0.4) is 0 Å². The van der Waals surface area contributed by atoms with Gasteiger partial charge in [-0.3, -0.25) is 9.69 Å². The predicted molar refractivity (Wildman–Crippen MR) is 63.4 cm³/mol. The van der Waals surface area contributed by atoms with Gasteiger partial charge in [0.25, 0.3) is 0 Å². The highest BCUT2D eigenvalue weighted by atomic mass is 16.5. The Labute approximate surface area is 102 Å². The summed E-state index contributed by atoms with van der Waals surface area (Å²) in [4.78, 5) is 13.6. The molecule has 1 aromatic heterocycles. The van der Waals surface area contributed by atoms with Crippen molar-refractivity contribution in [1.29, 1.82) is 0 Å². The molecule has 4 heteroatoms. The van der Waals surface area contributed by atoms with E-state index in [0.29, 0.717) is 12.6 Å². The molecule has 1 heterocycles. The molecule has 1 aromatic rings. The molecule has 0 saturated heterocycles. The molecule has 0 atom stereocenters. The van der Waals surface area contributed by atoms with Crippen LogP contribution in [-0.4, -0.2) is 30.6 Å². The van der Waals surface area contributed by atoms with Crippen LogP contribution in [-0.2, 0) is 16.1 Å². The van der Waals surface area contributed by atoms with E-state index in [4.69, 9.17) is 9.15 Å². The maximum absolute atomic E-state index is 11.4. The van der Waals surface area contributed by atoms with Crippen molar-refractivity contribution in [2.75, 3.05) is 13.7 Å². The highest BCUT2D eigenvalue weighted by molar-refractivity contribution is 5.71. The molecule has 1 fully saturated rings. The summed E-state index contributed by atoms with van der Waals surface area (Å²) in [6.45, 7) is 1.13. The molecule has 0 radical (unpaired) electrons. The molecule has 0 amide bonds. The first-order chi connectivity index (χ1) is 8.29. The fraction of sp³-hybridized carbons (Fsp3) is 0.615. The first-order valence-electron chi connectivity index (χ1n) is 6.11. The quantitative estimate of drug-likeness (QED) is 0.736. The van der Waals surface area contributed by atoms with Crippen LogP contribution in [0.15, 0.2) is 23.0 Å². The van der Waals surface area contributed by atoms with Crippen molar-refractivity contribution in [2.24, 2.45) is 0 Å². The highest BCUT2D eigenvalue weighted by Crippen LogP contribution is 2.24. The van der Waals surface area contributed by atoms with Gasteiger partial charge in [0.05, 0.1) is 26.2 Å². The van der Waals surface area contributed by atoms with E-state index in [1.54, 1.807) is 12.5 Å². The number of rotatable bonds is 5. The van der Waals surface area contributed by atoms with Crippen LogP contribution < -0.4 is 0 Å². The second kappa shape index (κ2) is 5.87. The third kappa shape index (κ3) is 3.33. The number of hydrogen-bond acceptors (Lipinski definition) is 4. The van der Waals surface area contributed by atoms with E-state index in [1.165, 1.54) is 32.8 Å². The van der Waals surface area contributed by atoms with Crippen molar-refractivity contribution < 1.29 is 13.9 Å². The average molecular weight is 237 g/mol. The summed E-state index contributed by atoms with van der Waals surface area (Å²) < 4.78 is 9.82. The Morgan fingerprint density at radius 1 is 1.53 bits per heavy atom. The number of methoxy groups -OCH3 is 1. The number of furan rings is 1. The SMILES string of the molecule is COC(=O)CN(Cc1ccoc1)C1CCCC1. The van der Waals surface area contributed by atoms with Gasteiger partial charge in [-0.15, -0.1) is 0 Å². The van der Waals surface area contributed by atoms with E-state index >= 15 is 0 Å². The van der Waals surface area contributed by atoms with Crippen LogP contribution >= 0.6 is 0 Å². The monoisotopic (exact) mass is 237 g/mol. The van der Waals surface area contributed by atoms with Crippen LogP contribution in [0.5, 0.6) is 0 Å². The fourth-order valence-electron chi connectivity index (χ4n) is 2.43. The molecule has 0 spiro atoms. The molecule has 0 bridgehead atoms. The number of carbonyl (C=O) groups excluding carboxylic acids is 1. The van der Waals surface area contributed by atoms with Crippen molar-refractivity contribution in [3.8, 4) is 0 Å². The lowest BCUT2D eigenvalue weighted by Gasteiger charge is -2.26. The Morgan fingerprint density at radius 2 is 2.29 bits per heavy atom. The van der Waals surface area contributed by atoms with Crippen LogP contribution in [0.4, 0.5) is 0 Å². The highest BCUT2D eigenvalue weighted by Gasteiger charge is 2.24. The second-order valence-electron chi connectivity index (χ2n) is 4.55. The molecule has 2 rings (SSSR count). The lowest BCUT2D eigenvalue weighted by Crippen LogP contribution is -2.37. The van der Waals surface area contributed by atoms with Gasteiger partial charge in [-0.25, -0.2) is 0 Å². The van der Waals surface area contributed by atoms with Crippen molar-refractivity contribution >= 4 is 5.97 Å². The van der Waals surface area contributed by atoms with Crippen molar-refractivity contribution in [1.82, 2.24) is 4.90 Å². The Bertz CT molecular complexity index is 342. The first kappa shape index (κ1) is 12.2. The standard InChI is InChI=1S/C13H19NO3/c1-16-13(15)9-14(12-4-2-3-5-12)8-11-6-7-17-10-11/h6-7,10,12H,2-5,8-9H2,1H3. The fourth-order valence-corrected chi connectivity index (χ4v) is 2.43. The van der Waals surface area contributed by atoms with E-state index in [9.17, 15) is 4.79 Å². The maximum Gasteiger partial charge on any atom is 0.319 e. The van der Waals surface area contributed by atoms with Gasteiger partial charge in [0.15, 0.2) is 0 Å². The molecule has 0 aromatic carbocycles. The van der Waals surface area contributed by atoms with Crippen LogP contribution in [0.1, 0.15) is 31.2 Å². The number of carbonyl (C=O) groups is 1. The molecule has 17 heavy (non-hydrogen) atoms. The molecular weight excluding hydrogens is 218 g/mol. The molecular formula is C13H19NO3. The Hall–Kier alpha value is -1.29. The van der Waals surface area contributed by atoms with E-state index in [2.05, 4.69) is 4.90 Å². The normalized spacial score (nSPS) is 16.6. The topological polar surface area (TPSA) is 42.7 Å². The van der Waals surface area contributed by atoms with E-state index in [1.807, 2.05) is 6.07 Å². The van der Waals surface area contributed by atoms with Crippen molar-refractivity contribution in [3.63, 3.8) is 0 Å². The van der Waals surface area contributed by atoms with Gasteiger partial charge in [-0.1, -0.05) is 12.8 Å². The first-order valence-corrected chi connectivity index (χ1v) is 6.11. The Balaban J connectivity index is 1.98. The summed E-state index contributed by atoms with van der Waals surface area (Å²) in [5, 5.41) is 0. The lowest BCUT2D eigenvalue weighted by atomic mass is 10.2. The summed E-state index contributed by atoms with van der Waals surface area (Å²) in [6.07, 6.45) is 8.27. The summed E-state index contributed by atoms with van der Waals surface area (Å²) in [6, 6.07) is 2.45. The zero-order valence-corrected chi connectivity index (χ0v) is 10.2. The minimum Gasteiger partial charge on any atom is -0.472 e. The zero-order chi connectivity index (χ0) is 12.1. The van der Waals surface area contributed by atoms with Crippen LogP contribution in [0.2, 0.25) is 0 Å². The average Bonchev–Trinajstić information content (AvgIpc) is 3.00. The molecule has 4 nitrogen and oxygen atoms in total. The second-order valence-corrected chi connectivity index (χ2v) is 4.55. The van der Waals surface area contributed by atoms with Crippen molar-refractivity contribution in [2.45, 2.75) is 38.3 Å². The van der Waals surface area contributed by atoms with Crippen LogP contribution in [0.25, 0.3) is 0 Å². The molecule has 0 unspecified atom stereocenters. The minimum atomic E-state index is -0.166. The summed E-state index contributed by atoms with van der Waals surface area (Å²) in [7, 11) is 1.44. The number of ether oxygens (including phenoxy) is 1. The summed E-state index contributed by atoms with van der Waals surface area (Å²) in [5.74, 6) is -0.166. The summed E-state index contributed by atoms with van der Waals surface area (Å²) >= 11 is 0. The molecule has 0 N–H and O–H groups in total. The molecule has 1 aliphatic rings. The van der Waals surface area contributed by atoms with Gasteiger partial charge >= 0.3 is 5.97 Å². The number of esters is 1. The van der Waals surface area contributed by atoms with Gasteiger partial charge in [0.1, 0.15) is 0 Å². The minimum absolute atomic E-state index is 0.166. The van der Waals surface area contributed by atoms with E-state index in [-0.39, 0.29) is 5.97 Å². The van der Waals surface area contributed by atoms with E-state index in [0.717, 1.165) is 12.1 Å². The molecule has 94 valence electrons. The van der Waals surface area contributed by atoms with Crippen molar-refractivity contribution in [3.05, 3.63) is 24.2 Å². The van der Waals surface area contributed by atoms with Gasteiger partial charge in [-0.05, 0) is 18.9 Å². The predicted octanol–water partition coefficient (Wildman–Crippen LogP) is 2.20. The van der Waals surface area contributed by atoms with Crippen LogP contribution in [0, 0.1) is 0 Å². The Morgan fingerprint density at radius 3 is 2.88 bits per heavy atom. The van der Waals surface area contributed by atoms with Gasteiger partial charge in [0.2, 0.25) is 0 Å².